The number of benzene rings is 1. The molecule has 7 nitrogen and oxygen atoms in total. The fraction of sp³-hybridized carbons (Fsp3) is 0.364. The number of likely N-dealkylation sites (tertiary alicyclic amines) is 1. The molecule has 4 heterocycles. The van der Waals surface area contributed by atoms with E-state index in [9.17, 15) is 9.18 Å². The maximum absolute atomic E-state index is 13.6. The molecular formula is C22H23FN6O. The average Bonchev–Trinajstić information content (AvgIpc) is 3.07. The SMILES string of the molecule is O=C1Cn2nc(-c3cccc(F)c3)nc2CC2(CCN(Cc3ccncc3)CC2)N1. The molecule has 5 rings (SSSR count). The van der Waals surface area contributed by atoms with E-state index in [1.807, 2.05) is 24.5 Å². The number of fused-ring (bicyclic) bond motifs is 1. The van der Waals surface area contributed by atoms with E-state index in [4.69, 9.17) is 0 Å². The molecule has 2 aliphatic rings. The van der Waals surface area contributed by atoms with Crippen molar-refractivity contribution in [2.45, 2.75) is 37.9 Å². The number of carbonyl (C=O) groups is 1. The molecule has 1 spiro atoms. The van der Waals surface area contributed by atoms with Crippen LogP contribution in [0, 0.1) is 5.82 Å². The summed E-state index contributed by atoms with van der Waals surface area (Å²) in [5, 5.41) is 7.73. The van der Waals surface area contributed by atoms with Gasteiger partial charge in [0, 0.05) is 49.6 Å². The van der Waals surface area contributed by atoms with Gasteiger partial charge in [-0.15, -0.1) is 0 Å². The molecule has 1 fully saturated rings. The van der Waals surface area contributed by atoms with Crippen molar-refractivity contribution in [2.75, 3.05) is 13.1 Å². The van der Waals surface area contributed by atoms with Gasteiger partial charge in [-0.3, -0.25) is 14.7 Å². The first-order valence-electron chi connectivity index (χ1n) is 10.2. The summed E-state index contributed by atoms with van der Waals surface area (Å²) in [6.07, 6.45) is 5.97. The van der Waals surface area contributed by atoms with Crippen LogP contribution in [0.25, 0.3) is 11.4 Å². The Bertz CT molecular complexity index is 1060. The molecule has 0 bridgehead atoms. The summed E-state index contributed by atoms with van der Waals surface area (Å²) in [5.74, 6) is 0.861. The van der Waals surface area contributed by atoms with Crippen LogP contribution in [0.5, 0.6) is 0 Å². The first-order chi connectivity index (χ1) is 14.6. The molecule has 0 atom stereocenters. The lowest BCUT2D eigenvalue weighted by Gasteiger charge is -2.41. The highest BCUT2D eigenvalue weighted by molar-refractivity contribution is 5.77. The highest BCUT2D eigenvalue weighted by atomic mass is 19.1. The molecule has 1 saturated heterocycles. The van der Waals surface area contributed by atoms with E-state index in [-0.39, 0.29) is 23.8 Å². The zero-order valence-corrected chi connectivity index (χ0v) is 16.6. The van der Waals surface area contributed by atoms with Crippen LogP contribution < -0.4 is 5.32 Å². The van der Waals surface area contributed by atoms with Crippen molar-refractivity contribution < 1.29 is 9.18 Å². The molecule has 0 aliphatic carbocycles. The van der Waals surface area contributed by atoms with E-state index >= 15 is 0 Å². The van der Waals surface area contributed by atoms with E-state index < -0.39 is 0 Å². The van der Waals surface area contributed by atoms with Gasteiger partial charge in [-0.05, 0) is 42.7 Å². The number of halogens is 1. The smallest absolute Gasteiger partial charge is 0.242 e. The summed E-state index contributed by atoms with van der Waals surface area (Å²) >= 11 is 0. The highest BCUT2D eigenvalue weighted by Gasteiger charge is 2.39. The highest BCUT2D eigenvalue weighted by Crippen LogP contribution is 2.29. The van der Waals surface area contributed by atoms with Crippen molar-refractivity contribution in [2.24, 2.45) is 0 Å². The summed E-state index contributed by atoms with van der Waals surface area (Å²) in [6, 6.07) is 10.3. The maximum Gasteiger partial charge on any atom is 0.242 e. The number of pyridine rings is 1. The summed E-state index contributed by atoms with van der Waals surface area (Å²) < 4.78 is 15.3. The van der Waals surface area contributed by atoms with Gasteiger partial charge in [0.05, 0.1) is 0 Å². The molecule has 1 amide bonds. The summed E-state index contributed by atoms with van der Waals surface area (Å²) in [5.41, 5.74) is 1.55. The number of nitrogens with one attached hydrogen (secondary N) is 1. The van der Waals surface area contributed by atoms with Gasteiger partial charge >= 0.3 is 0 Å². The molecule has 0 unspecified atom stereocenters. The molecule has 0 radical (unpaired) electrons. The minimum Gasteiger partial charge on any atom is -0.349 e. The Kier molecular flexibility index (Phi) is 4.78. The predicted molar refractivity (Wildman–Crippen MR) is 109 cm³/mol. The number of carbonyl (C=O) groups excluding carboxylic acids is 1. The monoisotopic (exact) mass is 406 g/mol. The third-order valence-corrected chi connectivity index (χ3v) is 5.99. The van der Waals surface area contributed by atoms with E-state index in [1.165, 1.54) is 17.7 Å². The van der Waals surface area contributed by atoms with Crippen molar-refractivity contribution in [3.63, 3.8) is 0 Å². The van der Waals surface area contributed by atoms with Crippen LogP contribution in [0.4, 0.5) is 4.39 Å². The largest absolute Gasteiger partial charge is 0.349 e. The van der Waals surface area contributed by atoms with E-state index in [1.54, 1.807) is 16.8 Å². The minimum absolute atomic E-state index is 0.0491. The van der Waals surface area contributed by atoms with Gasteiger partial charge in [0.15, 0.2) is 5.82 Å². The fourth-order valence-electron chi connectivity index (χ4n) is 4.39. The fourth-order valence-corrected chi connectivity index (χ4v) is 4.39. The lowest BCUT2D eigenvalue weighted by molar-refractivity contribution is -0.123. The standard InChI is InChI=1S/C22H23FN6O/c23-18-3-1-2-17(12-18)21-25-19-13-22(26-20(30)15-29(19)27-21)6-10-28(11-7-22)14-16-4-8-24-9-5-16/h1-5,8-9,12H,6-7,10-11,13-15H2,(H,26,30). The third-order valence-electron chi connectivity index (χ3n) is 5.99. The predicted octanol–water partition coefficient (Wildman–Crippen LogP) is 2.19. The van der Waals surface area contributed by atoms with Gasteiger partial charge in [0.1, 0.15) is 18.2 Å². The lowest BCUT2D eigenvalue weighted by atomic mass is 9.84. The van der Waals surface area contributed by atoms with E-state index in [0.29, 0.717) is 17.8 Å². The zero-order chi connectivity index (χ0) is 20.6. The Morgan fingerprint density at radius 1 is 1.13 bits per heavy atom. The molecule has 1 N–H and O–H groups in total. The Labute approximate surface area is 174 Å². The first kappa shape index (κ1) is 18.9. The normalized spacial score (nSPS) is 18.6. The van der Waals surface area contributed by atoms with Crippen LogP contribution in [0.15, 0.2) is 48.8 Å². The number of hydrogen-bond acceptors (Lipinski definition) is 5. The van der Waals surface area contributed by atoms with E-state index in [0.717, 1.165) is 38.3 Å². The molecule has 3 aromatic rings. The molecule has 8 heteroatoms. The first-order valence-corrected chi connectivity index (χ1v) is 10.2. The van der Waals surface area contributed by atoms with Crippen LogP contribution in [0.2, 0.25) is 0 Å². The van der Waals surface area contributed by atoms with Gasteiger partial charge in [0.2, 0.25) is 5.91 Å². The average molecular weight is 406 g/mol. The van der Waals surface area contributed by atoms with Crippen molar-refractivity contribution in [3.8, 4) is 11.4 Å². The second-order valence-electron chi connectivity index (χ2n) is 8.16. The molecule has 30 heavy (non-hydrogen) atoms. The summed E-state index contributed by atoms with van der Waals surface area (Å²) in [6.45, 7) is 2.81. The molecular weight excluding hydrogens is 383 g/mol. The Balaban J connectivity index is 1.34. The molecule has 2 aliphatic heterocycles. The van der Waals surface area contributed by atoms with Crippen LogP contribution in [0.1, 0.15) is 24.2 Å². The number of rotatable bonds is 3. The second kappa shape index (κ2) is 7.60. The number of piperidine rings is 1. The number of hydrogen-bond donors (Lipinski definition) is 1. The van der Waals surface area contributed by atoms with Gasteiger partial charge in [-0.2, -0.15) is 5.10 Å². The Morgan fingerprint density at radius 2 is 1.93 bits per heavy atom. The Hall–Kier alpha value is -3.13. The van der Waals surface area contributed by atoms with Crippen molar-refractivity contribution in [3.05, 3.63) is 66.0 Å². The number of nitrogens with zero attached hydrogens (tertiary/aromatic N) is 5. The zero-order valence-electron chi connectivity index (χ0n) is 16.6. The third kappa shape index (κ3) is 3.82. The van der Waals surface area contributed by atoms with Crippen molar-refractivity contribution in [1.82, 2.24) is 30.0 Å². The maximum atomic E-state index is 13.6. The summed E-state index contributed by atoms with van der Waals surface area (Å²) in [4.78, 5) is 23.8. The minimum atomic E-state index is -0.326. The lowest BCUT2D eigenvalue weighted by Crippen LogP contribution is -2.56. The summed E-state index contributed by atoms with van der Waals surface area (Å²) in [7, 11) is 0. The number of aromatic nitrogens is 4. The van der Waals surface area contributed by atoms with Crippen LogP contribution in [0.3, 0.4) is 0 Å². The molecule has 1 aromatic carbocycles. The van der Waals surface area contributed by atoms with Crippen molar-refractivity contribution in [1.29, 1.82) is 0 Å². The topological polar surface area (TPSA) is 75.9 Å². The quantitative estimate of drug-likeness (QED) is 0.722. The number of amides is 1. The van der Waals surface area contributed by atoms with Gasteiger partial charge in [-0.1, -0.05) is 12.1 Å². The van der Waals surface area contributed by atoms with Gasteiger partial charge in [-0.25, -0.2) is 14.1 Å². The molecule has 154 valence electrons. The van der Waals surface area contributed by atoms with Crippen molar-refractivity contribution >= 4 is 5.91 Å². The van der Waals surface area contributed by atoms with Crippen LogP contribution in [-0.4, -0.2) is 49.2 Å². The van der Waals surface area contributed by atoms with E-state index in [2.05, 4.69) is 25.3 Å². The van der Waals surface area contributed by atoms with Gasteiger partial charge < -0.3 is 5.32 Å². The van der Waals surface area contributed by atoms with Crippen LogP contribution >= 0.6 is 0 Å². The molecule has 0 saturated carbocycles. The van der Waals surface area contributed by atoms with Gasteiger partial charge in [0.25, 0.3) is 0 Å². The Morgan fingerprint density at radius 3 is 2.70 bits per heavy atom. The molecule has 2 aromatic heterocycles. The second-order valence-corrected chi connectivity index (χ2v) is 8.16. The van der Waals surface area contributed by atoms with Crippen LogP contribution in [-0.2, 0) is 24.3 Å².